The molecular formula is C58H34Cl2N2OP2Ru+4. The van der Waals surface area contributed by atoms with Gasteiger partial charge in [0.25, 0.3) is 0 Å². The van der Waals surface area contributed by atoms with Crippen molar-refractivity contribution in [3.05, 3.63) is 145 Å². The summed E-state index contributed by atoms with van der Waals surface area (Å²) < 4.78 is 7.05. The second-order valence-electron chi connectivity index (χ2n) is 12.7. The molecule has 6 aromatic rings. The number of ether oxygens (including phenoxy) is 1. The molecule has 8 heteroatoms. The Balaban J connectivity index is 0.000000414. The predicted molar refractivity (Wildman–Crippen MR) is 280 cm³/mol. The van der Waals surface area contributed by atoms with Gasteiger partial charge >= 0.3 is 34.5 Å². The normalized spacial score (nSPS) is 9.61. The first-order chi connectivity index (χ1) is 32.4. The Bertz CT molecular complexity index is 3070. The first-order valence-electron chi connectivity index (χ1n) is 19.2. The summed E-state index contributed by atoms with van der Waals surface area (Å²) in [4.78, 5) is 0. The first kappa shape index (κ1) is 51.0. The molecule has 0 heterocycles. The van der Waals surface area contributed by atoms with Crippen molar-refractivity contribution < 1.29 is 19.9 Å². The van der Waals surface area contributed by atoms with E-state index in [1.807, 2.05) is 133 Å². The number of rotatable bonds is 7. The molecule has 66 heavy (non-hydrogen) atoms. The second kappa shape index (κ2) is 29.7. The van der Waals surface area contributed by atoms with Crippen LogP contribution in [-0.4, -0.2) is 0 Å². The maximum atomic E-state index is 7.05. The number of halogens is 2. The Morgan fingerprint density at radius 2 is 0.712 bits per heavy atom. The number of nitrogens with two attached hydrogens (primary N) is 2. The van der Waals surface area contributed by atoms with Crippen molar-refractivity contribution in [3.8, 4) is 155 Å². The zero-order valence-electron chi connectivity index (χ0n) is 34.8. The van der Waals surface area contributed by atoms with E-state index in [9.17, 15) is 0 Å². The van der Waals surface area contributed by atoms with Crippen molar-refractivity contribution in [2.45, 2.75) is 12.1 Å². The van der Waals surface area contributed by atoms with E-state index >= 15 is 0 Å². The molecule has 3 nitrogen and oxygen atoms in total. The molecule has 0 saturated carbocycles. The van der Waals surface area contributed by atoms with E-state index in [1.54, 1.807) is 0 Å². The summed E-state index contributed by atoms with van der Waals surface area (Å²) in [6.07, 6.45) is 21.2. The summed E-state index contributed by atoms with van der Waals surface area (Å²) in [6, 6.07) is 43.4. The van der Waals surface area contributed by atoms with E-state index in [1.165, 1.54) is 0 Å². The maximum absolute atomic E-state index is 7.05. The summed E-state index contributed by atoms with van der Waals surface area (Å²) in [5, 5.41) is 5.25. The molecule has 4 N–H and O–H groups in total. The van der Waals surface area contributed by atoms with E-state index < -0.39 is 15.8 Å². The van der Waals surface area contributed by atoms with Gasteiger partial charge in [-0.05, 0) is 81.4 Å². The molecule has 0 aromatic heterocycles. The van der Waals surface area contributed by atoms with Gasteiger partial charge in [-0.15, -0.1) is 25.7 Å². The molecule has 0 aliphatic carbocycles. The minimum absolute atomic E-state index is 0.163. The monoisotopic (exact) mass is 1010 g/mol. The third kappa shape index (κ3) is 15.9. The molecule has 0 spiro atoms. The van der Waals surface area contributed by atoms with Crippen LogP contribution in [0.5, 0.6) is 11.5 Å². The van der Waals surface area contributed by atoms with Crippen LogP contribution in [0.1, 0.15) is 23.2 Å². The molecular weight excluding hydrogens is 975 g/mol. The Morgan fingerprint density at radius 3 is 1.03 bits per heavy atom. The zero-order valence-corrected chi connectivity index (χ0v) is 40.1. The van der Waals surface area contributed by atoms with Crippen molar-refractivity contribution in [2.75, 3.05) is 0 Å². The third-order valence-corrected chi connectivity index (χ3v) is 12.2. The van der Waals surface area contributed by atoms with E-state index in [-0.39, 0.29) is 27.2 Å². The number of hydrogen-bond donors (Lipinski definition) is 2. The van der Waals surface area contributed by atoms with Gasteiger partial charge < -0.3 is 16.2 Å². The summed E-state index contributed by atoms with van der Waals surface area (Å²) in [5.41, 5.74) is 27.2. The fourth-order valence-electron chi connectivity index (χ4n) is 5.94. The number of hydrogen-bond acceptors (Lipinski definition) is 3. The van der Waals surface area contributed by atoms with Gasteiger partial charge in [-0.3, -0.25) is 0 Å². The van der Waals surface area contributed by atoms with Crippen LogP contribution in [0, 0.1) is 143 Å². The van der Waals surface area contributed by atoms with Gasteiger partial charge in [0.15, 0.2) is 38.0 Å². The van der Waals surface area contributed by atoms with Crippen LogP contribution in [-0.2, 0) is 15.1 Å². The van der Waals surface area contributed by atoms with Gasteiger partial charge in [-0.25, -0.2) is 0 Å². The molecule has 0 aliphatic rings. The topological polar surface area (TPSA) is 61.3 Å². The van der Waals surface area contributed by atoms with E-state index in [2.05, 4.69) is 117 Å². The van der Waals surface area contributed by atoms with Gasteiger partial charge in [0.1, 0.15) is 22.6 Å². The van der Waals surface area contributed by atoms with Crippen molar-refractivity contribution in [2.24, 2.45) is 11.5 Å². The molecule has 0 amide bonds. The molecule has 0 aliphatic heterocycles. The van der Waals surface area contributed by atoms with Crippen LogP contribution < -0.4 is 26.8 Å². The molecule has 0 saturated heterocycles. The van der Waals surface area contributed by atoms with Crippen LogP contribution in [0.4, 0.5) is 0 Å². The summed E-state index contributed by atoms with van der Waals surface area (Å²) >= 11 is -0.346. The van der Waals surface area contributed by atoms with E-state index in [4.69, 9.17) is 61.3 Å². The van der Waals surface area contributed by atoms with Gasteiger partial charge in [0.05, 0.1) is 0 Å². The van der Waals surface area contributed by atoms with Crippen molar-refractivity contribution in [3.63, 3.8) is 0 Å². The van der Waals surface area contributed by atoms with Gasteiger partial charge in [-0.1, -0.05) is 121 Å². The fraction of sp³-hybridized carbons (Fsp3) is 0.0345. The summed E-state index contributed by atoms with van der Waals surface area (Å²) in [7, 11) is 5.79. The van der Waals surface area contributed by atoms with Crippen LogP contribution in [0.2, 0.25) is 0 Å². The van der Waals surface area contributed by atoms with Crippen LogP contribution in [0.3, 0.4) is 0 Å². The third-order valence-electron chi connectivity index (χ3n) is 8.80. The summed E-state index contributed by atoms with van der Waals surface area (Å²) in [5.74, 6) is 42.5. The van der Waals surface area contributed by atoms with E-state index in [0.717, 1.165) is 43.3 Å². The van der Waals surface area contributed by atoms with Gasteiger partial charge in [-0.2, -0.15) is 0 Å². The SMILES string of the molecule is C#CC#CC#C[PH+](C#CC#CC#C)c1ccc2ccccc2c1Oc1c([PH+](C#CC#CC#C)C#CC#CC#C)ccc2ccccc12.NC(c1ccccc1)C(N)c1ccccc1.[Cl][Ru+2][Cl]. The zero-order chi connectivity index (χ0) is 47.2. The molecule has 6 rings (SSSR count). The van der Waals surface area contributed by atoms with Crippen LogP contribution >= 0.6 is 35.2 Å². The quantitative estimate of drug-likeness (QED) is 0.0953. The Labute approximate surface area is 407 Å². The standard InChI is InChI=1S/C44H16OP2.C14H16N2.2ClH.Ru/c1-5-9-13-21-33-46(34-22-14-10-6-2)41-31-29-37-25-17-19-27-39(37)43(41)45-44-40-28-20-18-26-38(40)30-32-42(44)47(35-23-15-11-7-3)36-24-16-12-8-4;15-13(11-7-3-1-4-8-11)14(16)12-9-5-2-6-10-12;;;/h1-4,17-20,25-32H;1-10,13-14H,15-16H2;2*1H;/q;;;;+4. The number of terminal acetylenes is 4. The summed E-state index contributed by atoms with van der Waals surface area (Å²) in [6.45, 7) is 0. The average Bonchev–Trinajstić information content (AvgIpc) is 3.36. The van der Waals surface area contributed by atoms with Crippen molar-refractivity contribution in [1.29, 1.82) is 0 Å². The number of benzene rings is 6. The fourth-order valence-corrected chi connectivity index (χ4v) is 8.68. The Hall–Kier alpha value is -7.66. The molecule has 2 unspecified atom stereocenters. The molecule has 0 radical (unpaired) electrons. The van der Waals surface area contributed by atoms with Crippen LogP contribution in [0.15, 0.2) is 133 Å². The van der Waals surface area contributed by atoms with Gasteiger partial charge in [0.2, 0.25) is 0 Å². The molecule has 0 bridgehead atoms. The predicted octanol–water partition coefficient (Wildman–Crippen LogP) is 9.62. The minimum atomic E-state index is -1.96. The van der Waals surface area contributed by atoms with Crippen molar-refractivity contribution >= 4 is 67.4 Å². The first-order valence-corrected chi connectivity index (χ1v) is 26.7. The number of fused-ring (bicyclic) bond motifs is 2. The van der Waals surface area contributed by atoms with Crippen molar-refractivity contribution in [1.82, 2.24) is 0 Å². The molecule has 2 atom stereocenters. The van der Waals surface area contributed by atoms with Gasteiger partial charge in [0, 0.05) is 70.2 Å². The van der Waals surface area contributed by atoms with E-state index in [0.29, 0.717) is 11.5 Å². The Morgan fingerprint density at radius 1 is 0.409 bits per heavy atom. The van der Waals surface area contributed by atoms with Crippen LogP contribution in [0.25, 0.3) is 21.5 Å². The molecule has 310 valence electrons. The second-order valence-corrected chi connectivity index (χ2v) is 18.9. The molecule has 0 fully saturated rings. The molecule has 6 aromatic carbocycles. The average molecular weight is 1010 g/mol. The Kier molecular flexibility index (Phi) is 22.9.